The molecule has 2 aromatic rings. The number of carbonyl (C=O) groups is 3. The Morgan fingerprint density at radius 2 is 1.97 bits per heavy atom. The molecule has 1 spiro atoms. The molecule has 3 aliphatic rings. The number of nitrogens with one attached hydrogen (secondary N) is 1. The van der Waals surface area contributed by atoms with E-state index in [9.17, 15) is 14.4 Å². The predicted molar refractivity (Wildman–Crippen MR) is 150 cm³/mol. The minimum Gasteiger partial charge on any atom is -0.444 e. The molecule has 3 amide bonds. The van der Waals surface area contributed by atoms with Crippen LogP contribution in [0.1, 0.15) is 56.2 Å². The fraction of sp³-hybridized carbons (Fsp3) is 0.483. The van der Waals surface area contributed by atoms with Crippen LogP contribution in [0.15, 0.2) is 41.6 Å². The lowest BCUT2D eigenvalue weighted by Crippen LogP contribution is -2.51. The van der Waals surface area contributed by atoms with Crippen LogP contribution in [-0.2, 0) is 27.2 Å². The van der Waals surface area contributed by atoms with E-state index in [2.05, 4.69) is 21.4 Å². The summed E-state index contributed by atoms with van der Waals surface area (Å²) in [5, 5.41) is 6.06. The minimum atomic E-state index is -0.582. The van der Waals surface area contributed by atoms with Crippen LogP contribution in [0.4, 0.5) is 10.6 Å². The van der Waals surface area contributed by atoms with Crippen LogP contribution in [0, 0.1) is 5.41 Å². The number of nitrogens with zero attached hydrogens (tertiary/aromatic N) is 4. The van der Waals surface area contributed by atoms with Gasteiger partial charge in [0.05, 0.1) is 10.4 Å². The van der Waals surface area contributed by atoms with E-state index < -0.39 is 11.0 Å². The van der Waals surface area contributed by atoms with Crippen molar-refractivity contribution in [2.45, 2.75) is 58.5 Å². The Kier molecular flexibility index (Phi) is 7.57. The average Bonchev–Trinajstić information content (AvgIpc) is 3.41. The number of ether oxygens (including phenoxy) is 1. The van der Waals surface area contributed by atoms with Gasteiger partial charge >= 0.3 is 6.09 Å². The molecule has 0 aliphatic carbocycles. The topological polar surface area (TPSA) is 105 Å². The van der Waals surface area contributed by atoms with Gasteiger partial charge < -0.3 is 19.9 Å². The van der Waals surface area contributed by atoms with Crippen LogP contribution in [0.3, 0.4) is 0 Å². The van der Waals surface area contributed by atoms with Crippen molar-refractivity contribution < 1.29 is 19.1 Å². The summed E-state index contributed by atoms with van der Waals surface area (Å²) in [6.45, 7) is 7.76. The smallest absolute Gasteiger partial charge is 0.410 e. The van der Waals surface area contributed by atoms with Gasteiger partial charge in [0.2, 0.25) is 11.8 Å². The zero-order chi connectivity index (χ0) is 27.6. The SMILES string of the molecule is CC(C)(C)OC(=O)N1CCC2(CC1)Cc1cc(/C=C/C(=O)N3CC=C(Cc4nccs4)CC3)cnc1NC2=O. The van der Waals surface area contributed by atoms with Gasteiger partial charge in [0, 0.05) is 56.4 Å². The molecule has 9 nitrogen and oxygen atoms in total. The number of amides is 3. The summed E-state index contributed by atoms with van der Waals surface area (Å²) in [6, 6.07) is 2.00. The van der Waals surface area contributed by atoms with Gasteiger partial charge in [0.1, 0.15) is 11.4 Å². The number of rotatable bonds is 4. The van der Waals surface area contributed by atoms with Gasteiger partial charge in [-0.15, -0.1) is 11.3 Å². The summed E-state index contributed by atoms with van der Waals surface area (Å²) in [7, 11) is 0. The van der Waals surface area contributed by atoms with E-state index in [0.717, 1.165) is 29.0 Å². The number of thiazole rings is 1. The van der Waals surface area contributed by atoms with Crippen molar-refractivity contribution in [1.29, 1.82) is 0 Å². The number of piperidine rings is 1. The lowest BCUT2D eigenvalue weighted by atomic mass is 9.71. The summed E-state index contributed by atoms with van der Waals surface area (Å²) in [5.41, 5.74) is 1.95. The third-order valence-electron chi connectivity index (χ3n) is 7.50. The lowest BCUT2D eigenvalue weighted by Gasteiger charge is -2.43. The van der Waals surface area contributed by atoms with Crippen molar-refractivity contribution in [3.8, 4) is 0 Å². The monoisotopic (exact) mass is 549 g/mol. The largest absolute Gasteiger partial charge is 0.444 e. The molecule has 1 fully saturated rings. The summed E-state index contributed by atoms with van der Waals surface area (Å²) < 4.78 is 5.50. The molecule has 5 heterocycles. The second-order valence-electron chi connectivity index (χ2n) is 11.5. The second-order valence-corrected chi connectivity index (χ2v) is 12.5. The fourth-order valence-corrected chi connectivity index (χ4v) is 5.95. The molecule has 10 heteroatoms. The zero-order valence-electron chi connectivity index (χ0n) is 22.7. The van der Waals surface area contributed by atoms with E-state index in [-0.39, 0.29) is 17.9 Å². The first-order chi connectivity index (χ1) is 18.6. The van der Waals surface area contributed by atoms with Crippen LogP contribution < -0.4 is 5.32 Å². The molecular weight excluding hydrogens is 514 g/mol. The highest BCUT2D eigenvalue weighted by atomic mass is 32.1. The highest BCUT2D eigenvalue weighted by molar-refractivity contribution is 7.09. The predicted octanol–water partition coefficient (Wildman–Crippen LogP) is 4.46. The Balaban J connectivity index is 1.19. The molecule has 206 valence electrons. The van der Waals surface area contributed by atoms with E-state index in [1.54, 1.807) is 34.6 Å². The number of hydrogen-bond acceptors (Lipinski definition) is 7. The number of fused-ring (bicyclic) bond motifs is 1. The van der Waals surface area contributed by atoms with Gasteiger partial charge in [-0.1, -0.05) is 11.6 Å². The Hall–Kier alpha value is -3.53. The molecule has 39 heavy (non-hydrogen) atoms. The van der Waals surface area contributed by atoms with Gasteiger partial charge in [-0.25, -0.2) is 14.8 Å². The van der Waals surface area contributed by atoms with Gasteiger partial charge in [0.15, 0.2) is 0 Å². The third kappa shape index (κ3) is 6.38. The van der Waals surface area contributed by atoms with Gasteiger partial charge in [-0.3, -0.25) is 9.59 Å². The molecule has 1 N–H and O–H groups in total. The molecule has 3 aliphatic heterocycles. The van der Waals surface area contributed by atoms with E-state index in [0.29, 0.717) is 51.3 Å². The molecule has 2 aromatic heterocycles. The number of anilines is 1. The van der Waals surface area contributed by atoms with Gasteiger partial charge in [-0.2, -0.15) is 0 Å². The standard InChI is InChI=1S/C29H35N5O4S/c1-28(2,3)38-27(37)34-13-8-29(9-14-34)18-22-16-21(19-31-25(22)32-26(29)36)4-5-24(35)33-11-6-20(7-12-33)17-23-30-10-15-39-23/h4-6,10,15-16,19H,7-9,11-14,17-18H2,1-3H3,(H,31,32,36)/b5-4+. The second kappa shape index (κ2) is 10.9. The van der Waals surface area contributed by atoms with Crippen LogP contribution in [0.2, 0.25) is 0 Å². The van der Waals surface area contributed by atoms with Crippen molar-refractivity contribution in [3.05, 3.63) is 57.7 Å². The van der Waals surface area contributed by atoms with Crippen LogP contribution in [0.25, 0.3) is 6.08 Å². The van der Waals surface area contributed by atoms with E-state index in [1.807, 2.05) is 43.3 Å². The molecule has 5 rings (SSSR count). The normalized spacial score (nSPS) is 19.1. The third-order valence-corrected chi connectivity index (χ3v) is 8.28. The molecule has 0 radical (unpaired) electrons. The number of pyridine rings is 1. The maximum Gasteiger partial charge on any atom is 0.410 e. The van der Waals surface area contributed by atoms with Gasteiger partial charge in [-0.05, 0) is 69.7 Å². The Morgan fingerprint density at radius 3 is 2.64 bits per heavy atom. The van der Waals surface area contributed by atoms with Crippen LogP contribution in [-0.4, -0.2) is 69.5 Å². The van der Waals surface area contributed by atoms with E-state index in [4.69, 9.17) is 4.74 Å². The zero-order valence-corrected chi connectivity index (χ0v) is 23.6. The molecule has 1 saturated heterocycles. The summed E-state index contributed by atoms with van der Waals surface area (Å²) >= 11 is 1.66. The first kappa shape index (κ1) is 27.1. The number of aromatic nitrogens is 2. The minimum absolute atomic E-state index is 0.0310. The number of likely N-dealkylation sites (tertiary alicyclic amines) is 1. The molecule has 0 atom stereocenters. The highest BCUT2D eigenvalue weighted by Crippen LogP contribution is 2.41. The lowest BCUT2D eigenvalue weighted by molar-refractivity contribution is -0.129. The van der Waals surface area contributed by atoms with E-state index >= 15 is 0 Å². The molecule has 0 aromatic carbocycles. The summed E-state index contributed by atoms with van der Waals surface area (Å²) in [4.78, 5) is 50.7. The fourth-order valence-electron chi connectivity index (χ4n) is 5.28. The van der Waals surface area contributed by atoms with Gasteiger partial charge in [0.25, 0.3) is 0 Å². The first-order valence-electron chi connectivity index (χ1n) is 13.4. The average molecular weight is 550 g/mol. The maximum atomic E-state index is 13.1. The van der Waals surface area contributed by atoms with Crippen molar-refractivity contribution >= 4 is 41.1 Å². The van der Waals surface area contributed by atoms with Crippen molar-refractivity contribution in [3.63, 3.8) is 0 Å². The number of carbonyl (C=O) groups excluding carboxylic acids is 3. The quantitative estimate of drug-likeness (QED) is 0.446. The van der Waals surface area contributed by atoms with Crippen molar-refractivity contribution in [2.24, 2.45) is 5.41 Å². The van der Waals surface area contributed by atoms with Crippen molar-refractivity contribution in [2.75, 3.05) is 31.5 Å². The molecule has 0 saturated carbocycles. The van der Waals surface area contributed by atoms with Crippen LogP contribution >= 0.6 is 11.3 Å². The number of hydrogen-bond donors (Lipinski definition) is 1. The van der Waals surface area contributed by atoms with E-state index in [1.165, 1.54) is 5.57 Å². The van der Waals surface area contributed by atoms with Crippen molar-refractivity contribution in [1.82, 2.24) is 19.8 Å². The molecular formula is C29H35N5O4S. The Morgan fingerprint density at radius 1 is 1.18 bits per heavy atom. The summed E-state index contributed by atoms with van der Waals surface area (Å²) in [5.74, 6) is 0.492. The Labute approximate surface area is 233 Å². The maximum absolute atomic E-state index is 13.1. The Bertz CT molecular complexity index is 1300. The highest BCUT2D eigenvalue weighted by Gasteiger charge is 2.46. The molecule has 0 unspecified atom stereocenters. The van der Waals surface area contributed by atoms with Crippen LogP contribution in [0.5, 0.6) is 0 Å². The first-order valence-corrected chi connectivity index (χ1v) is 14.3. The molecule has 0 bridgehead atoms. The summed E-state index contributed by atoms with van der Waals surface area (Å²) in [6.07, 6.45) is 12.1.